The van der Waals surface area contributed by atoms with Crippen molar-refractivity contribution in [3.05, 3.63) is 99.6 Å². The maximum atomic E-state index is 12.9. The number of benzene rings is 3. The molecular weight excluding hydrogens is 404 g/mol. The van der Waals surface area contributed by atoms with E-state index in [1.165, 1.54) is 24.1 Å². The number of likely N-dealkylation sites (tertiary alicyclic amines) is 1. The van der Waals surface area contributed by atoms with Gasteiger partial charge in [-0.15, -0.1) is 0 Å². The largest absolute Gasteiger partial charge is 0.354 e. The van der Waals surface area contributed by atoms with Crippen molar-refractivity contribution in [2.75, 3.05) is 23.7 Å². The Hall–Kier alpha value is -3.97. The van der Waals surface area contributed by atoms with Crippen molar-refractivity contribution in [3.63, 3.8) is 0 Å². The van der Waals surface area contributed by atoms with Crippen molar-refractivity contribution >= 4 is 34.2 Å². The van der Waals surface area contributed by atoms with Crippen LogP contribution in [0.4, 0.5) is 17.1 Å². The number of fused-ring (bicyclic) bond motifs is 1. The molecule has 32 heavy (non-hydrogen) atoms. The smallest absolute Gasteiger partial charge is 0.270 e. The highest BCUT2D eigenvalue weighted by molar-refractivity contribution is 6.37. The van der Waals surface area contributed by atoms with Gasteiger partial charge >= 0.3 is 0 Å². The number of nitrogens with one attached hydrogen (secondary N) is 2. The number of hydrogen-bond donors (Lipinski definition) is 2. The van der Waals surface area contributed by atoms with Crippen molar-refractivity contribution < 1.29 is 9.72 Å². The molecule has 0 unspecified atom stereocenters. The first-order valence-electron chi connectivity index (χ1n) is 10.6. The predicted octanol–water partition coefficient (Wildman–Crippen LogP) is 4.73. The van der Waals surface area contributed by atoms with E-state index in [1.54, 1.807) is 6.07 Å². The molecule has 0 aliphatic carbocycles. The van der Waals surface area contributed by atoms with Crippen LogP contribution >= 0.6 is 0 Å². The first kappa shape index (κ1) is 20.0. The lowest BCUT2D eigenvalue weighted by atomic mass is 9.99. The molecule has 5 rings (SSSR count). The Morgan fingerprint density at radius 1 is 1.03 bits per heavy atom. The summed E-state index contributed by atoms with van der Waals surface area (Å²) in [5.41, 5.74) is 4.93. The summed E-state index contributed by atoms with van der Waals surface area (Å²) in [7, 11) is 0. The summed E-state index contributed by atoms with van der Waals surface area (Å²) in [6, 6.07) is 22.1. The molecule has 2 aliphatic heterocycles. The van der Waals surface area contributed by atoms with E-state index in [4.69, 9.17) is 0 Å². The molecule has 3 aromatic carbocycles. The molecule has 1 saturated heterocycles. The normalized spacial score (nSPS) is 16.7. The molecule has 7 nitrogen and oxygen atoms in total. The van der Waals surface area contributed by atoms with E-state index in [-0.39, 0.29) is 11.6 Å². The molecule has 0 saturated carbocycles. The highest BCUT2D eigenvalue weighted by Gasteiger charge is 2.30. The van der Waals surface area contributed by atoms with Gasteiger partial charge in [0.05, 0.1) is 16.2 Å². The lowest BCUT2D eigenvalue weighted by molar-refractivity contribution is -0.384. The second-order valence-corrected chi connectivity index (χ2v) is 8.01. The molecule has 0 radical (unpaired) electrons. The summed E-state index contributed by atoms with van der Waals surface area (Å²) in [6.45, 7) is 3.22. The summed E-state index contributed by atoms with van der Waals surface area (Å²) >= 11 is 0. The van der Waals surface area contributed by atoms with Crippen LogP contribution in [-0.4, -0.2) is 28.8 Å². The van der Waals surface area contributed by atoms with Gasteiger partial charge in [0.15, 0.2) is 0 Å². The van der Waals surface area contributed by atoms with E-state index < -0.39 is 4.92 Å². The molecule has 0 atom stereocenters. The molecule has 160 valence electrons. The zero-order valence-corrected chi connectivity index (χ0v) is 17.4. The third-order valence-electron chi connectivity index (χ3n) is 5.85. The Balaban J connectivity index is 1.55. The van der Waals surface area contributed by atoms with Gasteiger partial charge in [-0.2, -0.15) is 0 Å². The summed E-state index contributed by atoms with van der Waals surface area (Å²) in [6.07, 6.45) is 1.26. The Morgan fingerprint density at radius 3 is 2.44 bits per heavy atom. The molecule has 0 bridgehead atoms. The maximum absolute atomic E-state index is 12.9. The molecule has 2 heterocycles. The number of carbonyl (C=O) groups is 1. The predicted molar refractivity (Wildman–Crippen MR) is 125 cm³/mol. The number of non-ortho nitro benzene ring substituents is 1. The van der Waals surface area contributed by atoms with Crippen LogP contribution in [0.15, 0.2) is 72.8 Å². The molecule has 2 aliphatic rings. The number of nitrogens with zero attached hydrogens (tertiary/aromatic N) is 2. The van der Waals surface area contributed by atoms with Gasteiger partial charge in [-0.25, -0.2) is 0 Å². The van der Waals surface area contributed by atoms with Gasteiger partial charge in [0.1, 0.15) is 0 Å². The zero-order valence-electron chi connectivity index (χ0n) is 17.4. The van der Waals surface area contributed by atoms with E-state index in [2.05, 4.69) is 27.7 Å². The second kappa shape index (κ2) is 8.28. The maximum Gasteiger partial charge on any atom is 0.270 e. The van der Waals surface area contributed by atoms with Crippen molar-refractivity contribution in [1.82, 2.24) is 4.90 Å². The van der Waals surface area contributed by atoms with E-state index in [1.807, 2.05) is 42.5 Å². The standard InChI is InChI=1S/C25H22N4O3/c30-25-23(21-15-20(29(31)32)11-12-22(21)27-25)24(18-5-2-1-3-6-18)26-19-9-7-17(8-10-19)16-28-13-4-14-28/h1-3,5-12,15,26H,4,13-14,16H2,(H,27,30)/b24-23-. The third-order valence-corrected chi connectivity index (χ3v) is 5.85. The number of amides is 1. The summed E-state index contributed by atoms with van der Waals surface area (Å²) in [5, 5.41) is 17.5. The summed E-state index contributed by atoms with van der Waals surface area (Å²) in [4.78, 5) is 26.2. The first-order valence-corrected chi connectivity index (χ1v) is 10.6. The van der Waals surface area contributed by atoms with E-state index >= 15 is 0 Å². The molecular formula is C25H22N4O3. The fourth-order valence-corrected chi connectivity index (χ4v) is 4.04. The zero-order chi connectivity index (χ0) is 22.1. The van der Waals surface area contributed by atoms with Gasteiger partial charge in [0, 0.05) is 35.6 Å². The molecule has 7 heteroatoms. The van der Waals surface area contributed by atoms with Crippen LogP contribution in [-0.2, 0) is 11.3 Å². The van der Waals surface area contributed by atoms with Gasteiger partial charge in [0.25, 0.3) is 11.6 Å². The Labute approximate surface area is 185 Å². The molecule has 0 spiro atoms. The van der Waals surface area contributed by atoms with Gasteiger partial charge in [-0.1, -0.05) is 42.5 Å². The highest BCUT2D eigenvalue weighted by atomic mass is 16.6. The number of anilines is 2. The van der Waals surface area contributed by atoms with Crippen molar-refractivity contribution in [2.45, 2.75) is 13.0 Å². The number of nitro benzene ring substituents is 1. The van der Waals surface area contributed by atoms with Crippen LogP contribution in [0, 0.1) is 10.1 Å². The SMILES string of the molecule is O=C1Nc2ccc([N+](=O)[O-])cc2/C1=C(/Nc1ccc(CN2CCC2)cc1)c1ccccc1. The van der Waals surface area contributed by atoms with Crippen LogP contribution in [0.25, 0.3) is 11.3 Å². The van der Waals surface area contributed by atoms with E-state index in [9.17, 15) is 14.9 Å². The van der Waals surface area contributed by atoms with Crippen molar-refractivity contribution in [1.29, 1.82) is 0 Å². The lowest BCUT2D eigenvalue weighted by Gasteiger charge is -2.30. The fraction of sp³-hybridized carbons (Fsp3) is 0.160. The van der Waals surface area contributed by atoms with Crippen LogP contribution in [0.1, 0.15) is 23.1 Å². The molecule has 1 fully saturated rings. The molecule has 1 amide bonds. The number of nitro groups is 1. The average molecular weight is 426 g/mol. The minimum Gasteiger partial charge on any atom is -0.354 e. The van der Waals surface area contributed by atoms with Crippen molar-refractivity contribution in [2.24, 2.45) is 0 Å². The quantitative estimate of drug-likeness (QED) is 0.338. The van der Waals surface area contributed by atoms with Crippen LogP contribution in [0.3, 0.4) is 0 Å². The van der Waals surface area contributed by atoms with Crippen LogP contribution in [0.2, 0.25) is 0 Å². The highest BCUT2D eigenvalue weighted by Crippen LogP contribution is 2.39. The number of carbonyl (C=O) groups excluding carboxylic acids is 1. The minimum absolute atomic E-state index is 0.0551. The fourth-order valence-electron chi connectivity index (χ4n) is 4.04. The third kappa shape index (κ3) is 3.86. The Kier molecular flexibility index (Phi) is 5.17. The molecule has 2 N–H and O–H groups in total. The minimum atomic E-state index is -0.451. The number of rotatable bonds is 6. The molecule has 3 aromatic rings. The van der Waals surface area contributed by atoms with E-state index in [0.29, 0.717) is 22.5 Å². The topological polar surface area (TPSA) is 87.5 Å². The van der Waals surface area contributed by atoms with Crippen LogP contribution in [0.5, 0.6) is 0 Å². The Bertz CT molecular complexity index is 1220. The van der Waals surface area contributed by atoms with Crippen LogP contribution < -0.4 is 10.6 Å². The van der Waals surface area contributed by atoms with Gasteiger partial charge in [-0.3, -0.25) is 19.8 Å². The second-order valence-electron chi connectivity index (χ2n) is 8.01. The van der Waals surface area contributed by atoms with Gasteiger partial charge < -0.3 is 10.6 Å². The summed E-state index contributed by atoms with van der Waals surface area (Å²) < 4.78 is 0. The Morgan fingerprint density at radius 2 is 1.78 bits per heavy atom. The van der Waals surface area contributed by atoms with Gasteiger partial charge in [0.2, 0.25) is 0 Å². The van der Waals surface area contributed by atoms with E-state index in [0.717, 1.165) is 30.9 Å². The average Bonchev–Trinajstić information content (AvgIpc) is 3.11. The lowest BCUT2D eigenvalue weighted by Crippen LogP contribution is -2.36. The number of hydrogen-bond acceptors (Lipinski definition) is 5. The monoisotopic (exact) mass is 426 g/mol. The van der Waals surface area contributed by atoms with Crippen molar-refractivity contribution in [3.8, 4) is 0 Å². The first-order chi connectivity index (χ1) is 15.6. The summed E-state index contributed by atoms with van der Waals surface area (Å²) in [5.74, 6) is -0.291. The van der Waals surface area contributed by atoms with Gasteiger partial charge in [-0.05, 0) is 48.8 Å². The molecule has 0 aromatic heterocycles.